The Labute approximate surface area is 171 Å². The Morgan fingerprint density at radius 3 is 2.38 bits per heavy atom. The number of hydrogen-bond donors (Lipinski definition) is 0. The van der Waals surface area contributed by atoms with Gasteiger partial charge in [0.1, 0.15) is 5.82 Å². The largest absolute Gasteiger partial charge is 0.459 e. The Morgan fingerprint density at radius 2 is 1.72 bits per heavy atom. The molecule has 0 unspecified atom stereocenters. The Morgan fingerprint density at radius 1 is 1.00 bits per heavy atom. The second kappa shape index (κ2) is 7.88. The van der Waals surface area contributed by atoms with Crippen molar-refractivity contribution in [3.63, 3.8) is 0 Å². The lowest BCUT2D eigenvalue weighted by molar-refractivity contribution is 0.450. The van der Waals surface area contributed by atoms with E-state index in [9.17, 15) is 12.8 Å². The zero-order valence-electron chi connectivity index (χ0n) is 15.3. The summed E-state index contributed by atoms with van der Waals surface area (Å²) in [6, 6.07) is 17.6. The van der Waals surface area contributed by atoms with E-state index in [1.165, 1.54) is 30.2 Å². The van der Waals surface area contributed by atoms with E-state index in [1.807, 2.05) is 37.3 Å². The lowest BCUT2D eigenvalue weighted by Crippen LogP contribution is -2.04. The third-order valence-corrected chi connectivity index (χ3v) is 7.15. The monoisotopic (exact) mass is 429 g/mol. The van der Waals surface area contributed by atoms with Crippen LogP contribution in [0.2, 0.25) is 0 Å². The maximum Gasteiger partial charge on any atom is 0.265 e. The fraction of sp³-hybridized carbons (Fsp3) is 0.0952. The summed E-state index contributed by atoms with van der Waals surface area (Å²) < 4.78 is 50.7. The van der Waals surface area contributed by atoms with Gasteiger partial charge in [0.05, 0.1) is 11.2 Å². The number of nitrogens with zero attached hydrogens (tertiary/aromatic N) is 1. The van der Waals surface area contributed by atoms with Gasteiger partial charge in [-0.3, -0.25) is 0 Å². The van der Waals surface area contributed by atoms with Crippen LogP contribution in [0.5, 0.6) is 0 Å². The molecule has 4 aromatic rings. The van der Waals surface area contributed by atoms with E-state index in [-0.39, 0.29) is 26.2 Å². The molecule has 0 aliphatic carbocycles. The molecule has 0 radical (unpaired) electrons. The van der Waals surface area contributed by atoms with Crippen molar-refractivity contribution in [2.24, 2.45) is 0 Å². The van der Waals surface area contributed by atoms with Gasteiger partial charge in [0.15, 0.2) is 5.76 Å². The molecule has 29 heavy (non-hydrogen) atoms. The summed E-state index contributed by atoms with van der Waals surface area (Å²) in [4.78, 5) is 4.14. The molecule has 0 bridgehead atoms. The van der Waals surface area contributed by atoms with Gasteiger partial charge in [-0.2, -0.15) is 4.98 Å². The zero-order valence-corrected chi connectivity index (χ0v) is 16.9. The van der Waals surface area contributed by atoms with Gasteiger partial charge in [0.25, 0.3) is 5.89 Å². The molecule has 0 saturated heterocycles. The molecule has 0 aliphatic heterocycles. The highest BCUT2D eigenvalue weighted by Gasteiger charge is 2.30. The van der Waals surface area contributed by atoms with E-state index >= 15 is 0 Å². The molecule has 4 rings (SSSR count). The first-order valence-corrected chi connectivity index (χ1v) is 11.1. The Bertz CT molecular complexity index is 1200. The van der Waals surface area contributed by atoms with Crippen molar-refractivity contribution in [3.8, 4) is 11.7 Å². The van der Waals surface area contributed by atoms with Gasteiger partial charge in [-0.25, -0.2) is 12.8 Å². The molecule has 1 atom stereocenters. The molecule has 2 aromatic heterocycles. The first-order chi connectivity index (χ1) is 13.9. The summed E-state index contributed by atoms with van der Waals surface area (Å²) in [6.07, 6.45) is 1.45. The highest BCUT2D eigenvalue weighted by Crippen LogP contribution is 2.41. The van der Waals surface area contributed by atoms with E-state index < -0.39 is 15.7 Å². The van der Waals surface area contributed by atoms with Gasteiger partial charge in [-0.05, 0) is 48.9 Å². The quantitative estimate of drug-likeness (QED) is 0.287. The van der Waals surface area contributed by atoms with Crippen molar-refractivity contribution in [2.45, 2.75) is 27.2 Å². The van der Waals surface area contributed by atoms with Crippen LogP contribution >= 0.6 is 11.8 Å². The third-order valence-electron chi connectivity index (χ3n) is 4.23. The normalized spacial score (nSPS) is 12.8. The number of aromatic nitrogens is 1. The first-order valence-electron chi connectivity index (χ1n) is 8.72. The number of thioether (sulfide) groups is 1. The fourth-order valence-corrected chi connectivity index (χ4v) is 5.26. The summed E-state index contributed by atoms with van der Waals surface area (Å²) in [5.74, 6) is -0.133. The molecule has 2 aromatic carbocycles. The van der Waals surface area contributed by atoms with Crippen LogP contribution in [0.25, 0.3) is 11.7 Å². The second-order valence-corrected chi connectivity index (χ2v) is 9.40. The minimum Gasteiger partial charge on any atom is -0.459 e. The predicted molar refractivity (Wildman–Crippen MR) is 107 cm³/mol. The Kier molecular flexibility index (Phi) is 5.29. The van der Waals surface area contributed by atoms with Crippen LogP contribution in [-0.2, 0) is 9.84 Å². The lowest BCUT2D eigenvalue weighted by Gasteiger charge is -2.10. The van der Waals surface area contributed by atoms with E-state index in [0.717, 1.165) is 17.7 Å². The van der Waals surface area contributed by atoms with E-state index in [0.29, 0.717) is 5.76 Å². The average Bonchev–Trinajstić information content (AvgIpc) is 3.39. The molecule has 5 nitrogen and oxygen atoms in total. The number of oxazole rings is 1. The van der Waals surface area contributed by atoms with Crippen LogP contribution in [0, 0.1) is 5.82 Å². The van der Waals surface area contributed by atoms with Crippen molar-refractivity contribution in [2.75, 3.05) is 0 Å². The van der Waals surface area contributed by atoms with Gasteiger partial charge in [-0.15, -0.1) is 0 Å². The number of benzene rings is 2. The summed E-state index contributed by atoms with van der Waals surface area (Å²) in [5.41, 5.74) is 1.01. The predicted octanol–water partition coefficient (Wildman–Crippen LogP) is 5.76. The smallest absolute Gasteiger partial charge is 0.265 e. The van der Waals surface area contributed by atoms with E-state index in [2.05, 4.69) is 4.98 Å². The van der Waals surface area contributed by atoms with Crippen LogP contribution in [0.15, 0.2) is 96.8 Å². The van der Waals surface area contributed by atoms with E-state index in [4.69, 9.17) is 8.83 Å². The molecule has 0 fully saturated rings. The summed E-state index contributed by atoms with van der Waals surface area (Å²) in [6.45, 7) is 1.95. The number of halogens is 1. The van der Waals surface area contributed by atoms with Crippen LogP contribution in [0.1, 0.15) is 17.7 Å². The molecule has 0 N–H and O–H groups in total. The van der Waals surface area contributed by atoms with Crippen molar-refractivity contribution in [3.05, 3.63) is 84.4 Å². The summed E-state index contributed by atoms with van der Waals surface area (Å²) >= 11 is 1.24. The average molecular weight is 429 g/mol. The van der Waals surface area contributed by atoms with Gasteiger partial charge in [-0.1, -0.05) is 42.1 Å². The minimum absolute atomic E-state index is 0.0626. The van der Waals surface area contributed by atoms with Crippen molar-refractivity contribution < 1.29 is 21.6 Å². The first kappa shape index (κ1) is 19.5. The van der Waals surface area contributed by atoms with Crippen LogP contribution < -0.4 is 0 Å². The molecule has 0 amide bonds. The van der Waals surface area contributed by atoms with Gasteiger partial charge in [0, 0.05) is 5.25 Å². The number of rotatable bonds is 6. The number of hydrogen-bond acceptors (Lipinski definition) is 6. The van der Waals surface area contributed by atoms with Crippen LogP contribution in [0.4, 0.5) is 4.39 Å². The molecule has 2 heterocycles. The highest BCUT2D eigenvalue weighted by molar-refractivity contribution is 8.00. The number of sulfone groups is 1. The van der Waals surface area contributed by atoms with Crippen molar-refractivity contribution in [1.29, 1.82) is 0 Å². The standard InChI is InChI=1S/C21H16FNO4S2/c1-14(15-6-3-2-4-7-15)28-21-20(23-19(27-21)18-8-5-13-26-18)29(24,25)17-11-9-16(22)10-12-17/h2-14H,1H3/t14-/m0/s1. The maximum absolute atomic E-state index is 13.3. The lowest BCUT2D eigenvalue weighted by atomic mass is 10.2. The Hall–Kier alpha value is -2.84. The van der Waals surface area contributed by atoms with Crippen LogP contribution in [0.3, 0.4) is 0 Å². The topological polar surface area (TPSA) is 73.3 Å². The van der Waals surface area contributed by atoms with Crippen molar-refractivity contribution >= 4 is 21.6 Å². The van der Waals surface area contributed by atoms with Gasteiger partial charge < -0.3 is 8.83 Å². The third kappa shape index (κ3) is 3.99. The zero-order chi connectivity index (χ0) is 20.4. The molecule has 0 spiro atoms. The molecule has 0 aliphatic rings. The van der Waals surface area contributed by atoms with Crippen LogP contribution in [-0.4, -0.2) is 13.4 Å². The minimum atomic E-state index is -4.02. The molecule has 148 valence electrons. The fourth-order valence-electron chi connectivity index (χ4n) is 2.72. The molecule has 0 saturated carbocycles. The van der Waals surface area contributed by atoms with Gasteiger partial charge in [0.2, 0.25) is 20.0 Å². The maximum atomic E-state index is 13.3. The molecular formula is C21H16FNO4S2. The van der Waals surface area contributed by atoms with Crippen molar-refractivity contribution in [1.82, 2.24) is 4.98 Å². The molecule has 8 heteroatoms. The SMILES string of the molecule is C[C@H](Sc1oc(-c2ccco2)nc1S(=O)(=O)c1ccc(F)cc1)c1ccccc1. The summed E-state index contributed by atoms with van der Waals surface area (Å²) in [7, 11) is -4.02. The Balaban J connectivity index is 1.78. The van der Waals surface area contributed by atoms with Gasteiger partial charge >= 0.3 is 0 Å². The second-order valence-electron chi connectivity index (χ2n) is 6.22. The van der Waals surface area contributed by atoms with E-state index in [1.54, 1.807) is 12.1 Å². The number of furan rings is 1. The molecular weight excluding hydrogens is 413 g/mol. The summed E-state index contributed by atoms with van der Waals surface area (Å²) in [5, 5.41) is -0.156. The highest BCUT2D eigenvalue weighted by atomic mass is 32.2.